The van der Waals surface area contributed by atoms with Crippen molar-refractivity contribution in [1.82, 2.24) is 9.80 Å². The number of hydrogen-bond donors (Lipinski definition) is 0. The second kappa shape index (κ2) is 9.78. The van der Waals surface area contributed by atoms with E-state index in [0.717, 1.165) is 6.54 Å². The Bertz CT molecular complexity index is 462. The van der Waals surface area contributed by atoms with Gasteiger partial charge < -0.3 is 19.3 Å². The molecular weight excluding hydrogens is 284 g/mol. The predicted molar refractivity (Wildman–Crippen MR) is 83.7 cm³/mol. The number of esters is 1. The van der Waals surface area contributed by atoms with Crippen molar-refractivity contribution in [2.75, 3.05) is 47.4 Å². The summed E-state index contributed by atoms with van der Waals surface area (Å²) in [7, 11) is 5.21. The minimum absolute atomic E-state index is 0.0430. The van der Waals surface area contributed by atoms with Crippen molar-refractivity contribution in [3.05, 3.63) is 30.3 Å². The molecule has 0 N–H and O–H groups in total. The number of amides is 1. The largest absolute Gasteiger partial charge is 0.484 e. The number of carbonyl (C=O) groups is 2. The van der Waals surface area contributed by atoms with Crippen LogP contribution in [0, 0.1) is 0 Å². The summed E-state index contributed by atoms with van der Waals surface area (Å²) < 4.78 is 10.1. The Labute approximate surface area is 131 Å². The fraction of sp³-hybridized carbons (Fsp3) is 0.500. The minimum atomic E-state index is -0.327. The maximum absolute atomic E-state index is 12.3. The molecule has 0 aliphatic rings. The van der Waals surface area contributed by atoms with Gasteiger partial charge in [0.05, 0.1) is 13.5 Å². The molecule has 0 heterocycles. The highest BCUT2D eigenvalue weighted by Gasteiger charge is 2.16. The number of likely N-dealkylation sites (N-methyl/N-ethyl adjacent to an activating group) is 1. The van der Waals surface area contributed by atoms with Gasteiger partial charge in [-0.05, 0) is 26.2 Å². The Balaban J connectivity index is 2.51. The Kier molecular flexibility index (Phi) is 7.99. The first kappa shape index (κ1) is 18.0. The lowest BCUT2D eigenvalue weighted by molar-refractivity contribution is -0.142. The van der Waals surface area contributed by atoms with Crippen molar-refractivity contribution < 1.29 is 19.1 Å². The molecule has 0 unspecified atom stereocenters. The van der Waals surface area contributed by atoms with Gasteiger partial charge in [0.2, 0.25) is 0 Å². The zero-order chi connectivity index (χ0) is 16.4. The van der Waals surface area contributed by atoms with E-state index in [1.807, 2.05) is 37.2 Å². The number of hydrogen-bond acceptors (Lipinski definition) is 5. The molecule has 0 fully saturated rings. The van der Waals surface area contributed by atoms with Crippen LogP contribution in [-0.4, -0.2) is 69.1 Å². The van der Waals surface area contributed by atoms with Crippen molar-refractivity contribution in [1.29, 1.82) is 0 Å². The fourth-order valence-corrected chi connectivity index (χ4v) is 1.76. The molecule has 0 spiro atoms. The van der Waals surface area contributed by atoms with Gasteiger partial charge in [-0.2, -0.15) is 0 Å². The van der Waals surface area contributed by atoms with E-state index in [1.165, 1.54) is 7.11 Å². The van der Waals surface area contributed by atoms with E-state index >= 15 is 0 Å². The van der Waals surface area contributed by atoms with Gasteiger partial charge in [-0.15, -0.1) is 0 Å². The summed E-state index contributed by atoms with van der Waals surface area (Å²) in [5, 5.41) is 0. The molecular formula is C16H24N2O4. The van der Waals surface area contributed by atoms with Gasteiger partial charge >= 0.3 is 5.97 Å². The molecule has 1 aromatic carbocycles. The molecule has 6 nitrogen and oxygen atoms in total. The van der Waals surface area contributed by atoms with Crippen molar-refractivity contribution in [2.24, 2.45) is 0 Å². The van der Waals surface area contributed by atoms with Crippen LogP contribution in [0.3, 0.4) is 0 Å². The molecule has 0 saturated heterocycles. The van der Waals surface area contributed by atoms with Gasteiger partial charge in [0.1, 0.15) is 5.75 Å². The van der Waals surface area contributed by atoms with E-state index in [1.54, 1.807) is 17.0 Å². The summed E-state index contributed by atoms with van der Waals surface area (Å²) in [4.78, 5) is 27.1. The van der Waals surface area contributed by atoms with Crippen molar-refractivity contribution >= 4 is 11.9 Å². The third-order valence-electron chi connectivity index (χ3n) is 3.09. The SMILES string of the molecule is COC(=O)CCN(CCN(C)C)C(=O)COc1ccccc1. The molecule has 6 heteroatoms. The molecule has 1 rings (SSSR count). The standard InChI is InChI=1S/C16H24N2O4/c1-17(2)11-12-18(10-9-16(20)21-3)15(19)13-22-14-7-5-4-6-8-14/h4-8H,9-13H2,1-3H3. The Hall–Kier alpha value is -2.08. The molecule has 0 bridgehead atoms. The number of nitrogens with zero attached hydrogens (tertiary/aromatic N) is 2. The van der Waals surface area contributed by atoms with Crippen molar-refractivity contribution in [3.63, 3.8) is 0 Å². The Morgan fingerprint density at radius 1 is 1.05 bits per heavy atom. The highest BCUT2D eigenvalue weighted by Crippen LogP contribution is 2.08. The van der Waals surface area contributed by atoms with Crippen LogP contribution in [-0.2, 0) is 14.3 Å². The van der Waals surface area contributed by atoms with Gasteiger partial charge in [-0.1, -0.05) is 18.2 Å². The highest BCUT2D eigenvalue weighted by molar-refractivity contribution is 5.78. The van der Waals surface area contributed by atoms with E-state index in [9.17, 15) is 9.59 Å². The predicted octanol–water partition coefficient (Wildman–Crippen LogP) is 1.02. The van der Waals surface area contributed by atoms with Gasteiger partial charge in [0, 0.05) is 19.6 Å². The maximum atomic E-state index is 12.3. The molecule has 1 amide bonds. The maximum Gasteiger partial charge on any atom is 0.307 e. The smallest absolute Gasteiger partial charge is 0.307 e. The summed E-state index contributed by atoms with van der Waals surface area (Å²) in [6.07, 6.45) is 0.182. The van der Waals surface area contributed by atoms with E-state index in [0.29, 0.717) is 18.8 Å². The zero-order valence-electron chi connectivity index (χ0n) is 13.4. The van der Waals surface area contributed by atoms with Crippen LogP contribution in [0.5, 0.6) is 5.75 Å². The molecule has 1 aromatic rings. The molecule has 0 atom stereocenters. The summed E-state index contributed by atoms with van der Waals surface area (Å²) in [6, 6.07) is 9.17. The van der Waals surface area contributed by atoms with E-state index in [2.05, 4.69) is 4.74 Å². The lowest BCUT2D eigenvalue weighted by Crippen LogP contribution is -2.40. The Morgan fingerprint density at radius 3 is 2.32 bits per heavy atom. The monoisotopic (exact) mass is 308 g/mol. The summed E-state index contributed by atoms with van der Waals surface area (Å²) in [5.74, 6) is 0.178. The number of carbonyl (C=O) groups excluding carboxylic acids is 2. The molecule has 0 radical (unpaired) electrons. The Morgan fingerprint density at radius 2 is 1.73 bits per heavy atom. The van der Waals surface area contributed by atoms with Crippen LogP contribution in [0.25, 0.3) is 0 Å². The van der Waals surface area contributed by atoms with Crippen LogP contribution in [0.1, 0.15) is 6.42 Å². The number of ether oxygens (including phenoxy) is 2. The lowest BCUT2D eigenvalue weighted by Gasteiger charge is -2.24. The highest BCUT2D eigenvalue weighted by atomic mass is 16.5. The average Bonchev–Trinajstić information content (AvgIpc) is 2.53. The first-order chi connectivity index (χ1) is 10.5. The van der Waals surface area contributed by atoms with Gasteiger partial charge in [-0.3, -0.25) is 9.59 Å². The zero-order valence-corrected chi connectivity index (χ0v) is 13.4. The summed E-state index contributed by atoms with van der Waals surface area (Å²) in [6.45, 7) is 1.55. The molecule has 0 aromatic heterocycles. The summed E-state index contributed by atoms with van der Waals surface area (Å²) in [5.41, 5.74) is 0. The second-order valence-corrected chi connectivity index (χ2v) is 5.11. The molecule has 0 saturated carbocycles. The first-order valence-electron chi connectivity index (χ1n) is 7.20. The molecule has 0 aliphatic carbocycles. The third kappa shape index (κ3) is 7.08. The van der Waals surface area contributed by atoms with Crippen molar-refractivity contribution in [3.8, 4) is 5.75 Å². The minimum Gasteiger partial charge on any atom is -0.484 e. The van der Waals surface area contributed by atoms with E-state index in [4.69, 9.17) is 4.74 Å². The topological polar surface area (TPSA) is 59.1 Å². The van der Waals surface area contributed by atoms with E-state index < -0.39 is 0 Å². The van der Waals surface area contributed by atoms with Crippen LogP contribution >= 0.6 is 0 Å². The number of methoxy groups -OCH3 is 1. The van der Waals surface area contributed by atoms with Gasteiger partial charge in [0.15, 0.2) is 6.61 Å². The lowest BCUT2D eigenvalue weighted by atomic mass is 10.3. The normalized spacial score (nSPS) is 10.4. The quantitative estimate of drug-likeness (QED) is 0.638. The van der Waals surface area contributed by atoms with E-state index in [-0.39, 0.29) is 24.9 Å². The van der Waals surface area contributed by atoms with Crippen LogP contribution < -0.4 is 4.74 Å². The number of rotatable bonds is 9. The fourth-order valence-electron chi connectivity index (χ4n) is 1.76. The van der Waals surface area contributed by atoms with Crippen LogP contribution in [0.2, 0.25) is 0 Å². The number of benzene rings is 1. The second-order valence-electron chi connectivity index (χ2n) is 5.11. The van der Waals surface area contributed by atoms with Crippen LogP contribution in [0.15, 0.2) is 30.3 Å². The summed E-state index contributed by atoms with van der Waals surface area (Å²) >= 11 is 0. The molecule has 0 aliphatic heterocycles. The first-order valence-corrected chi connectivity index (χ1v) is 7.20. The van der Waals surface area contributed by atoms with Crippen molar-refractivity contribution in [2.45, 2.75) is 6.42 Å². The molecule has 22 heavy (non-hydrogen) atoms. The average molecular weight is 308 g/mol. The third-order valence-corrected chi connectivity index (χ3v) is 3.09. The molecule has 122 valence electrons. The van der Waals surface area contributed by atoms with Crippen LogP contribution in [0.4, 0.5) is 0 Å². The van der Waals surface area contributed by atoms with Gasteiger partial charge in [0.25, 0.3) is 5.91 Å². The van der Waals surface area contributed by atoms with Gasteiger partial charge in [-0.25, -0.2) is 0 Å². The number of para-hydroxylation sites is 1.